The summed E-state index contributed by atoms with van der Waals surface area (Å²) in [5, 5.41) is 8.99. The van der Waals surface area contributed by atoms with Crippen molar-refractivity contribution < 1.29 is 9.26 Å². The Hall–Kier alpha value is -2.60. The minimum absolute atomic E-state index is 0.276. The lowest BCUT2D eigenvalue weighted by atomic mass is 10.0. The van der Waals surface area contributed by atoms with Crippen molar-refractivity contribution in [3.8, 4) is 17.1 Å². The lowest BCUT2D eigenvalue weighted by Gasteiger charge is -2.28. The molecule has 1 atom stereocenters. The molecule has 0 saturated carbocycles. The third-order valence-electron chi connectivity index (χ3n) is 5.99. The van der Waals surface area contributed by atoms with E-state index in [9.17, 15) is 0 Å². The summed E-state index contributed by atoms with van der Waals surface area (Å²) in [5.74, 6) is 1.65. The van der Waals surface area contributed by atoms with Crippen molar-refractivity contribution in [1.29, 1.82) is 0 Å². The summed E-state index contributed by atoms with van der Waals surface area (Å²) >= 11 is 0. The van der Waals surface area contributed by atoms with Gasteiger partial charge >= 0.3 is 0 Å². The molecule has 1 aliphatic rings. The quantitative estimate of drug-likeness (QED) is 0.589. The molecule has 154 valence electrons. The maximum Gasteiger partial charge on any atom is 0.167 e. The van der Waals surface area contributed by atoms with Crippen LogP contribution in [0.25, 0.3) is 11.3 Å². The van der Waals surface area contributed by atoms with E-state index in [1.807, 2.05) is 30.5 Å². The molecule has 0 aliphatic carbocycles. The van der Waals surface area contributed by atoms with Gasteiger partial charge in [-0.1, -0.05) is 18.0 Å². The van der Waals surface area contributed by atoms with Crippen molar-refractivity contribution in [3.63, 3.8) is 0 Å². The predicted molar refractivity (Wildman–Crippen MR) is 113 cm³/mol. The first-order valence-electron chi connectivity index (χ1n) is 10.6. The molecule has 1 fully saturated rings. The van der Waals surface area contributed by atoms with Gasteiger partial charge in [0, 0.05) is 36.0 Å². The van der Waals surface area contributed by atoms with Crippen LogP contribution >= 0.6 is 0 Å². The molecule has 0 amide bonds. The van der Waals surface area contributed by atoms with Crippen LogP contribution in [-0.4, -0.2) is 33.5 Å². The van der Waals surface area contributed by atoms with E-state index in [-0.39, 0.29) is 6.04 Å². The number of nitrogens with zero attached hydrogens (tertiary/aromatic N) is 4. The monoisotopic (exact) mass is 394 g/mol. The highest BCUT2D eigenvalue weighted by Gasteiger charge is 2.27. The molecule has 3 heterocycles. The predicted octanol–water partition coefficient (Wildman–Crippen LogP) is 4.99. The first-order valence-corrected chi connectivity index (χ1v) is 10.6. The molecule has 1 unspecified atom stereocenters. The Bertz CT molecular complexity index is 929. The number of benzene rings is 1. The second-order valence-corrected chi connectivity index (χ2v) is 7.75. The number of aryl methyl sites for hydroxylation is 1. The second kappa shape index (κ2) is 8.82. The van der Waals surface area contributed by atoms with Gasteiger partial charge in [0.25, 0.3) is 0 Å². The first-order chi connectivity index (χ1) is 14.2. The fourth-order valence-electron chi connectivity index (χ4n) is 4.21. The van der Waals surface area contributed by atoms with Crippen molar-refractivity contribution in [2.24, 2.45) is 0 Å². The Morgan fingerprint density at radius 1 is 1.17 bits per heavy atom. The van der Waals surface area contributed by atoms with Crippen LogP contribution in [0, 0.1) is 6.92 Å². The standard InChI is InChI=1S/C23H30N4O2/c1-4-27-17(2)19(15-24-27)16-26-13-7-5-6-8-22(26)21-14-23(29-25-21)18-9-11-20(28-3)12-10-18/h9-12,14-15,22H,4-8,13,16H2,1-3H3. The van der Waals surface area contributed by atoms with Crippen molar-refractivity contribution in [1.82, 2.24) is 19.8 Å². The summed E-state index contributed by atoms with van der Waals surface area (Å²) in [5.41, 5.74) is 4.61. The first kappa shape index (κ1) is 19.7. The molecule has 1 aromatic carbocycles. The highest BCUT2D eigenvalue weighted by atomic mass is 16.5. The molecule has 0 radical (unpaired) electrons. The number of aromatic nitrogens is 3. The molecule has 29 heavy (non-hydrogen) atoms. The zero-order chi connectivity index (χ0) is 20.2. The van der Waals surface area contributed by atoms with E-state index in [0.717, 1.165) is 48.8 Å². The minimum atomic E-state index is 0.276. The third-order valence-corrected chi connectivity index (χ3v) is 5.99. The van der Waals surface area contributed by atoms with Gasteiger partial charge in [0.15, 0.2) is 5.76 Å². The summed E-state index contributed by atoms with van der Waals surface area (Å²) in [4.78, 5) is 2.55. The molecule has 4 rings (SSSR count). The van der Waals surface area contributed by atoms with Crippen LogP contribution in [0.5, 0.6) is 5.75 Å². The summed E-state index contributed by atoms with van der Waals surface area (Å²) in [6.07, 6.45) is 6.84. The molecule has 1 aliphatic heterocycles. The Morgan fingerprint density at radius 3 is 2.72 bits per heavy atom. The van der Waals surface area contributed by atoms with Gasteiger partial charge < -0.3 is 9.26 Å². The Balaban J connectivity index is 1.57. The summed E-state index contributed by atoms with van der Waals surface area (Å²) in [6, 6.07) is 10.3. The van der Waals surface area contributed by atoms with Gasteiger partial charge in [0.05, 0.1) is 19.3 Å². The van der Waals surface area contributed by atoms with E-state index < -0.39 is 0 Å². The van der Waals surface area contributed by atoms with E-state index >= 15 is 0 Å². The smallest absolute Gasteiger partial charge is 0.167 e. The third kappa shape index (κ3) is 4.22. The molecule has 6 heteroatoms. The van der Waals surface area contributed by atoms with Crippen molar-refractivity contribution >= 4 is 0 Å². The maximum absolute atomic E-state index is 5.73. The van der Waals surface area contributed by atoms with Gasteiger partial charge in [-0.05, 0) is 57.5 Å². The van der Waals surface area contributed by atoms with Gasteiger partial charge in [0.2, 0.25) is 0 Å². The number of methoxy groups -OCH3 is 1. The van der Waals surface area contributed by atoms with Crippen LogP contribution in [0.2, 0.25) is 0 Å². The fourth-order valence-corrected chi connectivity index (χ4v) is 4.21. The van der Waals surface area contributed by atoms with Crippen LogP contribution in [0.4, 0.5) is 0 Å². The number of ether oxygens (including phenoxy) is 1. The fraction of sp³-hybridized carbons (Fsp3) is 0.478. The molecule has 6 nitrogen and oxygen atoms in total. The van der Waals surface area contributed by atoms with E-state index in [4.69, 9.17) is 9.26 Å². The molecular formula is C23H30N4O2. The molecule has 3 aromatic rings. The highest BCUT2D eigenvalue weighted by molar-refractivity contribution is 5.58. The number of hydrogen-bond donors (Lipinski definition) is 0. The highest BCUT2D eigenvalue weighted by Crippen LogP contribution is 2.33. The Kier molecular flexibility index (Phi) is 6.00. The van der Waals surface area contributed by atoms with Gasteiger partial charge in [-0.25, -0.2) is 0 Å². The Labute approximate surface area is 172 Å². The van der Waals surface area contributed by atoms with Gasteiger partial charge in [-0.3, -0.25) is 9.58 Å². The molecule has 0 N–H and O–H groups in total. The zero-order valence-corrected chi connectivity index (χ0v) is 17.6. The lowest BCUT2D eigenvalue weighted by Crippen LogP contribution is -2.28. The molecule has 0 bridgehead atoms. The lowest BCUT2D eigenvalue weighted by molar-refractivity contribution is 0.183. The summed E-state index contributed by atoms with van der Waals surface area (Å²) in [6.45, 7) is 7.18. The number of hydrogen-bond acceptors (Lipinski definition) is 5. The maximum atomic E-state index is 5.73. The van der Waals surface area contributed by atoms with E-state index in [0.29, 0.717) is 0 Å². The topological polar surface area (TPSA) is 56.3 Å². The average Bonchev–Trinajstić information content (AvgIpc) is 3.30. The average molecular weight is 395 g/mol. The molecule has 0 spiro atoms. The van der Waals surface area contributed by atoms with E-state index in [1.165, 1.54) is 30.5 Å². The number of rotatable bonds is 6. The van der Waals surface area contributed by atoms with E-state index in [2.05, 4.69) is 39.8 Å². The SMILES string of the molecule is CCn1ncc(CN2CCCCCC2c2cc(-c3ccc(OC)cc3)on2)c1C. The van der Waals surface area contributed by atoms with Crippen LogP contribution < -0.4 is 4.74 Å². The normalized spacial score (nSPS) is 18.0. The largest absolute Gasteiger partial charge is 0.497 e. The van der Waals surface area contributed by atoms with Crippen LogP contribution in [0.15, 0.2) is 41.1 Å². The zero-order valence-electron chi connectivity index (χ0n) is 17.6. The Morgan fingerprint density at radius 2 is 2.00 bits per heavy atom. The van der Waals surface area contributed by atoms with Crippen molar-refractivity contribution in [2.45, 2.75) is 58.7 Å². The van der Waals surface area contributed by atoms with Crippen molar-refractivity contribution in [3.05, 3.63) is 53.5 Å². The van der Waals surface area contributed by atoms with Crippen molar-refractivity contribution in [2.75, 3.05) is 13.7 Å². The molecule has 2 aromatic heterocycles. The second-order valence-electron chi connectivity index (χ2n) is 7.75. The summed E-state index contributed by atoms with van der Waals surface area (Å²) in [7, 11) is 1.67. The van der Waals surface area contributed by atoms with Crippen LogP contribution in [-0.2, 0) is 13.1 Å². The molecular weight excluding hydrogens is 364 g/mol. The van der Waals surface area contributed by atoms with Gasteiger partial charge in [-0.2, -0.15) is 5.10 Å². The van der Waals surface area contributed by atoms with Gasteiger partial charge in [0.1, 0.15) is 11.4 Å². The van der Waals surface area contributed by atoms with E-state index in [1.54, 1.807) is 7.11 Å². The molecule has 1 saturated heterocycles. The minimum Gasteiger partial charge on any atom is -0.497 e. The summed E-state index contributed by atoms with van der Waals surface area (Å²) < 4.78 is 13.0. The van der Waals surface area contributed by atoms with Crippen LogP contribution in [0.3, 0.4) is 0 Å². The van der Waals surface area contributed by atoms with Crippen LogP contribution in [0.1, 0.15) is 55.6 Å². The number of likely N-dealkylation sites (tertiary alicyclic amines) is 1. The van der Waals surface area contributed by atoms with Gasteiger partial charge in [-0.15, -0.1) is 0 Å².